The van der Waals surface area contributed by atoms with Gasteiger partial charge in [-0.15, -0.1) is 0 Å². The van der Waals surface area contributed by atoms with E-state index in [2.05, 4.69) is 15.2 Å². The van der Waals surface area contributed by atoms with Gasteiger partial charge in [0.1, 0.15) is 11.4 Å². The Hall–Kier alpha value is -1.66. The number of hydrogen-bond acceptors (Lipinski definition) is 5. The van der Waals surface area contributed by atoms with Crippen LogP contribution in [0, 0.1) is 6.92 Å². The van der Waals surface area contributed by atoms with Crippen LogP contribution in [0.3, 0.4) is 0 Å². The molecule has 2 rings (SSSR count). The molecular weight excluding hydrogens is 258 g/mol. The zero-order chi connectivity index (χ0) is 14.4. The smallest absolute Gasteiger partial charge is 0.339 e. The highest BCUT2D eigenvalue weighted by Crippen LogP contribution is 2.16. The fourth-order valence-electron chi connectivity index (χ4n) is 2.30. The Bertz CT molecular complexity index is 459. The summed E-state index contributed by atoms with van der Waals surface area (Å²) in [5, 5.41) is 12.3. The van der Waals surface area contributed by atoms with Gasteiger partial charge in [0.05, 0.1) is 13.2 Å². The largest absolute Gasteiger partial charge is 0.478 e. The topological polar surface area (TPSA) is 74.7 Å². The molecule has 0 aliphatic carbocycles. The van der Waals surface area contributed by atoms with E-state index in [1.807, 2.05) is 0 Å². The maximum atomic E-state index is 11.2. The van der Waals surface area contributed by atoms with Crippen LogP contribution in [0.25, 0.3) is 0 Å². The van der Waals surface area contributed by atoms with Crippen molar-refractivity contribution in [3.8, 4) is 0 Å². The number of rotatable bonds is 6. The number of hydrogen-bond donors (Lipinski definition) is 2. The Balaban J connectivity index is 1.82. The highest BCUT2D eigenvalue weighted by Gasteiger charge is 2.14. The van der Waals surface area contributed by atoms with Gasteiger partial charge in [-0.05, 0) is 31.5 Å². The van der Waals surface area contributed by atoms with Crippen LogP contribution in [-0.4, -0.2) is 60.4 Å². The van der Waals surface area contributed by atoms with Crippen molar-refractivity contribution in [2.24, 2.45) is 0 Å². The second-order valence-electron chi connectivity index (χ2n) is 4.89. The Morgan fingerprint density at radius 1 is 1.50 bits per heavy atom. The minimum absolute atomic E-state index is 0.263. The van der Waals surface area contributed by atoms with Crippen LogP contribution < -0.4 is 5.32 Å². The molecule has 2 heterocycles. The molecule has 0 spiro atoms. The van der Waals surface area contributed by atoms with Crippen molar-refractivity contribution in [1.82, 2.24) is 9.88 Å². The molecule has 0 amide bonds. The van der Waals surface area contributed by atoms with E-state index in [9.17, 15) is 9.90 Å². The van der Waals surface area contributed by atoms with E-state index in [-0.39, 0.29) is 5.56 Å². The first kappa shape index (κ1) is 14.7. The van der Waals surface area contributed by atoms with Gasteiger partial charge >= 0.3 is 5.97 Å². The van der Waals surface area contributed by atoms with Crippen LogP contribution in [0.4, 0.5) is 5.82 Å². The molecule has 0 aromatic carbocycles. The predicted molar refractivity (Wildman–Crippen MR) is 76.3 cm³/mol. The summed E-state index contributed by atoms with van der Waals surface area (Å²) in [6, 6.07) is 1.71. The Labute approximate surface area is 118 Å². The third-order valence-electron chi connectivity index (χ3n) is 3.42. The third-order valence-corrected chi connectivity index (χ3v) is 3.42. The molecule has 1 aromatic heterocycles. The Morgan fingerprint density at radius 3 is 2.95 bits per heavy atom. The molecule has 110 valence electrons. The number of aryl methyl sites for hydroxylation is 1. The van der Waals surface area contributed by atoms with Crippen molar-refractivity contribution < 1.29 is 14.6 Å². The van der Waals surface area contributed by atoms with Crippen LogP contribution >= 0.6 is 0 Å². The minimum atomic E-state index is -0.939. The van der Waals surface area contributed by atoms with Gasteiger partial charge in [0.15, 0.2) is 0 Å². The maximum absolute atomic E-state index is 11.2. The number of aromatic carboxylic acids is 1. The van der Waals surface area contributed by atoms with E-state index >= 15 is 0 Å². The summed E-state index contributed by atoms with van der Waals surface area (Å²) in [7, 11) is 0. The molecule has 0 radical (unpaired) electrons. The molecule has 0 saturated carbocycles. The Morgan fingerprint density at radius 2 is 2.25 bits per heavy atom. The standard InChI is InChI=1S/C14H21N3O3/c1-11-3-5-16-13(12(11)14(18)19)15-4-2-6-17-7-9-20-10-8-17/h3,5H,2,4,6-10H2,1H3,(H,15,16)(H,18,19). The van der Waals surface area contributed by atoms with Gasteiger partial charge in [0.2, 0.25) is 0 Å². The summed E-state index contributed by atoms with van der Waals surface area (Å²) in [5.41, 5.74) is 0.988. The molecule has 20 heavy (non-hydrogen) atoms. The van der Waals surface area contributed by atoms with Crippen molar-refractivity contribution in [1.29, 1.82) is 0 Å². The highest BCUT2D eigenvalue weighted by atomic mass is 16.5. The molecule has 1 saturated heterocycles. The molecular formula is C14H21N3O3. The number of pyridine rings is 1. The predicted octanol–water partition coefficient (Wildman–Crippen LogP) is 1.22. The van der Waals surface area contributed by atoms with Gasteiger partial charge in [-0.3, -0.25) is 4.90 Å². The fraction of sp³-hybridized carbons (Fsp3) is 0.571. The number of aromatic nitrogens is 1. The summed E-state index contributed by atoms with van der Waals surface area (Å²) < 4.78 is 5.30. The van der Waals surface area contributed by atoms with E-state index in [0.29, 0.717) is 12.4 Å². The minimum Gasteiger partial charge on any atom is -0.478 e. The number of ether oxygens (including phenoxy) is 1. The van der Waals surface area contributed by atoms with Crippen LogP contribution in [0.1, 0.15) is 22.3 Å². The zero-order valence-corrected chi connectivity index (χ0v) is 11.8. The monoisotopic (exact) mass is 279 g/mol. The fourth-order valence-corrected chi connectivity index (χ4v) is 2.30. The number of nitrogens with one attached hydrogen (secondary N) is 1. The molecule has 1 aliphatic heterocycles. The molecule has 0 bridgehead atoms. The van der Waals surface area contributed by atoms with Crippen molar-refractivity contribution in [2.75, 3.05) is 44.7 Å². The first-order chi connectivity index (χ1) is 9.68. The van der Waals surface area contributed by atoms with Crippen molar-refractivity contribution in [3.63, 3.8) is 0 Å². The van der Waals surface area contributed by atoms with Crippen molar-refractivity contribution in [3.05, 3.63) is 23.4 Å². The van der Waals surface area contributed by atoms with Gasteiger partial charge in [-0.1, -0.05) is 0 Å². The second-order valence-corrected chi connectivity index (χ2v) is 4.89. The van der Waals surface area contributed by atoms with E-state index in [0.717, 1.165) is 44.8 Å². The Kier molecular flexibility index (Phi) is 5.31. The summed E-state index contributed by atoms with van der Waals surface area (Å²) in [6.45, 7) is 7.04. The second kappa shape index (κ2) is 7.21. The maximum Gasteiger partial charge on any atom is 0.339 e. The van der Waals surface area contributed by atoms with Gasteiger partial charge in [-0.2, -0.15) is 0 Å². The number of carbonyl (C=O) groups is 1. The molecule has 1 aliphatic rings. The number of carboxylic acid groups (broad SMARTS) is 1. The summed E-state index contributed by atoms with van der Waals surface area (Å²) >= 11 is 0. The van der Waals surface area contributed by atoms with E-state index in [1.54, 1.807) is 19.2 Å². The number of carboxylic acids is 1. The molecule has 1 fully saturated rings. The molecule has 2 N–H and O–H groups in total. The summed E-state index contributed by atoms with van der Waals surface area (Å²) in [6.07, 6.45) is 2.58. The number of morpholine rings is 1. The molecule has 6 heteroatoms. The molecule has 0 unspecified atom stereocenters. The van der Waals surface area contributed by atoms with Gasteiger partial charge < -0.3 is 15.2 Å². The average molecular weight is 279 g/mol. The van der Waals surface area contributed by atoms with E-state index in [1.165, 1.54) is 0 Å². The number of anilines is 1. The molecule has 6 nitrogen and oxygen atoms in total. The SMILES string of the molecule is Cc1ccnc(NCCCN2CCOCC2)c1C(=O)O. The third kappa shape index (κ3) is 3.91. The van der Waals surface area contributed by atoms with Gasteiger partial charge in [-0.25, -0.2) is 9.78 Å². The van der Waals surface area contributed by atoms with Gasteiger partial charge in [0, 0.05) is 25.8 Å². The zero-order valence-electron chi connectivity index (χ0n) is 11.8. The van der Waals surface area contributed by atoms with Gasteiger partial charge in [0.25, 0.3) is 0 Å². The lowest BCUT2D eigenvalue weighted by atomic mass is 10.1. The van der Waals surface area contributed by atoms with Crippen LogP contribution in [0.2, 0.25) is 0 Å². The summed E-state index contributed by atoms with van der Waals surface area (Å²) in [5.74, 6) is -0.481. The number of nitrogens with zero attached hydrogens (tertiary/aromatic N) is 2. The first-order valence-corrected chi connectivity index (χ1v) is 6.91. The molecule has 0 atom stereocenters. The lowest BCUT2D eigenvalue weighted by Gasteiger charge is -2.26. The van der Waals surface area contributed by atoms with Crippen LogP contribution in [0.15, 0.2) is 12.3 Å². The average Bonchev–Trinajstić information content (AvgIpc) is 2.44. The summed E-state index contributed by atoms with van der Waals surface area (Å²) in [4.78, 5) is 17.7. The lowest BCUT2D eigenvalue weighted by molar-refractivity contribution is 0.0378. The van der Waals surface area contributed by atoms with Crippen LogP contribution in [0.5, 0.6) is 0 Å². The van der Waals surface area contributed by atoms with Crippen molar-refractivity contribution in [2.45, 2.75) is 13.3 Å². The first-order valence-electron chi connectivity index (χ1n) is 6.91. The normalized spacial score (nSPS) is 16.1. The quantitative estimate of drug-likeness (QED) is 0.763. The highest BCUT2D eigenvalue weighted by molar-refractivity contribution is 5.94. The van der Waals surface area contributed by atoms with E-state index in [4.69, 9.17) is 4.74 Å². The van der Waals surface area contributed by atoms with Crippen LogP contribution in [-0.2, 0) is 4.74 Å². The van der Waals surface area contributed by atoms with E-state index < -0.39 is 5.97 Å². The molecule has 1 aromatic rings. The van der Waals surface area contributed by atoms with Crippen molar-refractivity contribution >= 4 is 11.8 Å². The lowest BCUT2D eigenvalue weighted by Crippen LogP contribution is -2.37.